The summed E-state index contributed by atoms with van der Waals surface area (Å²) in [6, 6.07) is 12.0. The highest BCUT2D eigenvalue weighted by Crippen LogP contribution is 2.49. The SMILES string of the molecule is OCCOCCOCCN1CCN(CCCN2c3ccccc3Sc3ccc(C(F)(F)F)cc32)CC1. The van der Waals surface area contributed by atoms with Gasteiger partial charge in [-0.05, 0) is 43.3 Å². The number of fused-ring (bicyclic) bond motifs is 2. The fourth-order valence-corrected chi connectivity index (χ4v) is 5.59. The molecule has 2 aliphatic rings. The summed E-state index contributed by atoms with van der Waals surface area (Å²) in [4.78, 5) is 8.79. The van der Waals surface area contributed by atoms with E-state index >= 15 is 0 Å². The first kappa shape index (κ1) is 27.2. The summed E-state index contributed by atoms with van der Waals surface area (Å²) in [7, 11) is 0. The molecule has 198 valence electrons. The quantitative estimate of drug-likeness (QED) is 0.414. The lowest BCUT2D eigenvalue weighted by molar-refractivity contribution is -0.137. The summed E-state index contributed by atoms with van der Waals surface area (Å²) in [6.07, 6.45) is -3.49. The number of piperazine rings is 1. The Hall–Kier alpha value is -1.82. The first-order valence-corrected chi connectivity index (χ1v) is 13.2. The van der Waals surface area contributed by atoms with Crippen molar-refractivity contribution < 1.29 is 27.8 Å². The van der Waals surface area contributed by atoms with E-state index in [9.17, 15) is 13.2 Å². The summed E-state index contributed by atoms with van der Waals surface area (Å²) in [6.45, 7) is 8.42. The Bertz CT molecular complexity index is 971. The molecule has 0 atom stereocenters. The molecule has 0 aromatic heterocycles. The van der Waals surface area contributed by atoms with Crippen molar-refractivity contribution in [2.24, 2.45) is 0 Å². The highest BCUT2D eigenvalue weighted by atomic mass is 32.2. The van der Waals surface area contributed by atoms with Crippen LogP contribution < -0.4 is 4.90 Å². The topological polar surface area (TPSA) is 48.4 Å². The van der Waals surface area contributed by atoms with Crippen LogP contribution >= 0.6 is 11.8 Å². The van der Waals surface area contributed by atoms with E-state index in [-0.39, 0.29) is 6.61 Å². The number of rotatable bonds is 12. The number of benzene rings is 2. The van der Waals surface area contributed by atoms with Crippen molar-refractivity contribution >= 4 is 23.1 Å². The number of para-hydroxylation sites is 1. The van der Waals surface area contributed by atoms with Gasteiger partial charge in [-0.2, -0.15) is 13.2 Å². The minimum atomic E-state index is -4.36. The fourth-order valence-electron chi connectivity index (χ4n) is 4.52. The Morgan fingerprint density at radius 2 is 1.44 bits per heavy atom. The predicted octanol–water partition coefficient (Wildman–Crippen LogP) is 4.34. The van der Waals surface area contributed by atoms with Gasteiger partial charge in [0.15, 0.2) is 0 Å². The minimum absolute atomic E-state index is 0.0287. The van der Waals surface area contributed by atoms with Gasteiger partial charge in [-0.25, -0.2) is 0 Å². The molecule has 2 aromatic rings. The predicted molar refractivity (Wildman–Crippen MR) is 135 cm³/mol. The van der Waals surface area contributed by atoms with Gasteiger partial charge in [0.2, 0.25) is 0 Å². The Morgan fingerprint density at radius 1 is 0.778 bits per heavy atom. The first-order chi connectivity index (χ1) is 17.5. The number of anilines is 2. The molecule has 0 spiro atoms. The maximum Gasteiger partial charge on any atom is 0.416 e. The third-order valence-electron chi connectivity index (χ3n) is 6.43. The Labute approximate surface area is 215 Å². The number of alkyl halides is 3. The number of hydrogen-bond acceptors (Lipinski definition) is 7. The van der Waals surface area contributed by atoms with Crippen molar-refractivity contribution in [2.75, 3.05) is 83.7 Å². The highest BCUT2D eigenvalue weighted by Gasteiger charge is 2.33. The molecule has 2 aromatic carbocycles. The minimum Gasteiger partial charge on any atom is -0.394 e. The summed E-state index contributed by atoms with van der Waals surface area (Å²) in [5.41, 5.74) is 1.00. The fraction of sp³-hybridized carbons (Fsp3) is 0.538. The van der Waals surface area contributed by atoms with Crippen LogP contribution in [0.3, 0.4) is 0 Å². The summed E-state index contributed by atoms with van der Waals surface area (Å²) in [5.74, 6) is 0. The van der Waals surface area contributed by atoms with Gasteiger partial charge in [0.1, 0.15) is 0 Å². The second kappa shape index (κ2) is 13.1. The molecule has 36 heavy (non-hydrogen) atoms. The lowest BCUT2D eigenvalue weighted by Gasteiger charge is -2.36. The molecule has 0 saturated carbocycles. The molecule has 1 fully saturated rings. The van der Waals surface area contributed by atoms with Gasteiger partial charge in [-0.1, -0.05) is 23.9 Å². The van der Waals surface area contributed by atoms with E-state index in [0.717, 1.165) is 61.2 Å². The zero-order chi connectivity index (χ0) is 25.4. The van der Waals surface area contributed by atoms with Crippen LogP contribution in [0.1, 0.15) is 12.0 Å². The third kappa shape index (κ3) is 7.36. The number of nitrogens with zero attached hydrogens (tertiary/aromatic N) is 3. The van der Waals surface area contributed by atoms with Crippen LogP contribution in [-0.4, -0.2) is 93.8 Å². The van der Waals surface area contributed by atoms with Crippen molar-refractivity contribution in [3.63, 3.8) is 0 Å². The average Bonchev–Trinajstić information content (AvgIpc) is 2.87. The van der Waals surface area contributed by atoms with Crippen molar-refractivity contribution in [3.8, 4) is 0 Å². The van der Waals surface area contributed by atoms with Gasteiger partial charge >= 0.3 is 6.18 Å². The number of halogens is 3. The molecule has 0 amide bonds. The van der Waals surface area contributed by atoms with Crippen LogP contribution in [0, 0.1) is 0 Å². The van der Waals surface area contributed by atoms with Crippen LogP contribution in [0.2, 0.25) is 0 Å². The normalized spacial score (nSPS) is 16.7. The molecule has 1 saturated heterocycles. The van der Waals surface area contributed by atoms with Crippen LogP contribution in [0.25, 0.3) is 0 Å². The molecule has 0 aliphatic carbocycles. The van der Waals surface area contributed by atoms with Gasteiger partial charge in [-0.3, -0.25) is 4.90 Å². The number of aliphatic hydroxyl groups is 1. The smallest absolute Gasteiger partial charge is 0.394 e. The second-order valence-corrected chi connectivity index (χ2v) is 9.97. The number of aliphatic hydroxyl groups excluding tert-OH is 1. The van der Waals surface area contributed by atoms with Crippen LogP contribution in [0.5, 0.6) is 0 Å². The van der Waals surface area contributed by atoms with Gasteiger partial charge in [0, 0.05) is 49.1 Å². The molecular formula is C26H34F3N3O3S. The van der Waals surface area contributed by atoms with Gasteiger partial charge in [0.05, 0.1) is 50.0 Å². The van der Waals surface area contributed by atoms with Gasteiger partial charge in [0.25, 0.3) is 0 Å². The average molecular weight is 526 g/mol. The van der Waals surface area contributed by atoms with Crippen LogP contribution in [-0.2, 0) is 15.7 Å². The second-order valence-electron chi connectivity index (χ2n) is 8.89. The molecular weight excluding hydrogens is 491 g/mol. The van der Waals surface area contributed by atoms with Crippen molar-refractivity contribution in [1.29, 1.82) is 0 Å². The molecule has 1 N–H and O–H groups in total. The third-order valence-corrected chi connectivity index (χ3v) is 7.56. The van der Waals surface area contributed by atoms with E-state index in [4.69, 9.17) is 14.6 Å². The summed E-state index contributed by atoms with van der Waals surface area (Å²) in [5, 5.41) is 8.68. The Balaban J connectivity index is 1.25. The Morgan fingerprint density at radius 3 is 2.17 bits per heavy atom. The molecule has 6 nitrogen and oxygen atoms in total. The van der Waals surface area contributed by atoms with Crippen LogP contribution in [0.4, 0.5) is 24.5 Å². The maximum atomic E-state index is 13.4. The molecule has 0 bridgehead atoms. The molecule has 4 rings (SSSR count). The maximum absolute atomic E-state index is 13.4. The van der Waals surface area contributed by atoms with Crippen molar-refractivity contribution in [1.82, 2.24) is 9.80 Å². The van der Waals surface area contributed by atoms with Gasteiger partial charge < -0.3 is 24.4 Å². The van der Waals surface area contributed by atoms with E-state index in [1.54, 1.807) is 6.07 Å². The van der Waals surface area contributed by atoms with E-state index in [2.05, 4.69) is 9.80 Å². The number of ether oxygens (including phenoxy) is 2. The molecule has 10 heteroatoms. The zero-order valence-electron chi connectivity index (χ0n) is 20.4. The number of hydrogen-bond donors (Lipinski definition) is 1. The van der Waals surface area contributed by atoms with Gasteiger partial charge in [-0.15, -0.1) is 0 Å². The van der Waals surface area contributed by atoms with E-state index < -0.39 is 11.7 Å². The highest BCUT2D eigenvalue weighted by molar-refractivity contribution is 7.99. The summed E-state index contributed by atoms with van der Waals surface area (Å²) >= 11 is 1.53. The first-order valence-electron chi connectivity index (χ1n) is 12.4. The monoisotopic (exact) mass is 525 g/mol. The van der Waals surface area contributed by atoms with E-state index in [1.807, 2.05) is 29.2 Å². The lowest BCUT2D eigenvalue weighted by Crippen LogP contribution is -2.47. The van der Waals surface area contributed by atoms with Crippen molar-refractivity contribution in [2.45, 2.75) is 22.4 Å². The molecule has 0 unspecified atom stereocenters. The molecule has 2 heterocycles. The zero-order valence-corrected chi connectivity index (χ0v) is 21.2. The standard InChI is InChI=1S/C26H34F3N3O3S/c27-26(28,29)21-6-7-25-23(20-21)32(22-4-1-2-5-24(22)36-25)9-3-8-30-10-12-31(13-11-30)14-16-34-18-19-35-17-15-33/h1-2,4-7,20,33H,3,8-19H2. The molecule has 0 radical (unpaired) electrons. The van der Waals surface area contributed by atoms with E-state index in [1.165, 1.54) is 23.9 Å². The summed E-state index contributed by atoms with van der Waals surface area (Å²) < 4.78 is 51.0. The van der Waals surface area contributed by atoms with Crippen LogP contribution in [0.15, 0.2) is 52.3 Å². The Kier molecular flexibility index (Phi) is 9.92. The molecule has 2 aliphatic heterocycles. The van der Waals surface area contributed by atoms with Crippen molar-refractivity contribution in [3.05, 3.63) is 48.0 Å². The lowest BCUT2D eigenvalue weighted by atomic mass is 10.1. The van der Waals surface area contributed by atoms with E-state index in [0.29, 0.717) is 38.7 Å². The largest absolute Gasteiger partial charge is 0.416 e.